The summed E-state index contributed by atoms with van der Waals surface area (Å²) in [4.78, 5) is 24.0. The van der Waals surface area contributed by atoms with E-state index >= 15 is 0 Å². The first kappa shape index (κ1) is 15.5. The van der Waals surface area contributed by atoms with Gasteiger partial charge >= 0.3 is 5.97 Å². The Hall–Kier alpha value is -1.87. The van der Waals surface area contributed by atoms with E-state index in [0.717, 1.165) is 4.31 Å². The number of carboxylic acid groups (broad SMARTS) is 1. The van der Waals surface area contributed by atoms with E-state index in [9.17, 15) is 23.1 Å². The Morgan fingerprint density at radius 2 is 1.86 bits per heavy atom. The number of nitrogens with zero attached hydrogens (tertiary/aromatic N) is 2. The summed E-state index contributed by atoms with van der Waals surface area (Å²) in [5, 5.41) is 9.20. The molecule has 1 aromatic heterocycles. The van der Waals surface area contributed by atoms with Crippen LogP contribution in [-0.4, -0.2) is 61.3 Å². The number of aryl methyl sites for hydroxylation is 2. The molecular weight excluding hydrogens is 300 g/mol. The predicted molar refractivity (Wildman–Crippen MR) is 71.5 cm³/mol. The quantitative estimate of drug-likeness (QED) is 0.844. The van der Waals surface area contributed by atoms with Gasteiger partial charge in [-0.25, -0.2) is 13.2 Å². The highest BCUT2D eigenvalue weighted by atomic mass is 32.2. The average Bonchev–Trinajstić information content (AvgIpc) is 2.68. The standard InChI is InChI=1S/C12H16N2O6S/c1-7-10(12(16)17)11(8(2)20-7)21(18,19)14-5-4-13(3)9(15)6-14/h4-6H2,1-3H3,(H,16,17). The third kappa shape index (κ3) is 2.54. The highest BCUT2D eigenvalue weighted by molar-refractivity contribution is 7.89. The van der Waals surface area contributed by atoms with Gasteiger partial charge in [0.1, 0.15) is 22.0 Å². The molecule has 2 heterocycles. The molecule has 1 fully saturated rings. The zero-order valence-corrected chi connectivity index (χ0v) is 12.7. The van der Waals surface area contributed by atoms with Gasteiger partial charge in [-0.05, 0) is 13.8 Å². The van der Waals surface area contributed by atoms with Gasteiger partial charge in [0.05, 0.1) is 6.54 Å². The molecule has 1 aromatic rings. The third-order valence-corrected chi connectivity index (χ3v) is 5.44. The average molecular weight is 316 g/mol. The molecule has 8 nitrogen and oxygen atoms in total. The van der Waals surface area contributed by atoms with Gasteiger partial charge in [-0.1, -0.05) is 0 Å². The fourth-order valence-electron chi connectivity index (χ4n) is 2.29. The first-order valence-electron chi connectivity index (χ1n) is 6.23. The predicted octanol–water partition coefficient (Wildman–Crippen LogP) is 0.0573. The Kier molecular flexibility index (Phi) is 3.81. The number of carboxylic acids is 1. The zero-order chi connectivity index (χ0) is 15.9. The number of amides is 1. The number of hydrogen-bond acceptors (Lipinski definition) is 5. The zero-order valence-electron chi connectivity index (χ0n) is 11.9. The molecule has 21 heavy (non-hydrogen) atoms. The summed E-state index contributed by atoms with van der Waals surface area (Å²) < 4.78 is 31.4. The Balaban J connectivity index is 2.51. The number of aromatic carboxylic acids is 1. The molecule has 0 spiro atoms. The van der Waals surface area contributed by atoms with E-state index in [4.69, 9.17) is 4.42 Å². The topological polar surface area (TPSA) is 108 Å². The Morgan fingerprint density at radius 3 is 2.38 bits per heavy atom. The summed E-state index contributed by atoms with van der Waals surface area (Å²) in [6.45, 7) is 2.86. The van der Waals surface area contributed by atoms with Gasteiger partial charge in [-0.3, -0.25) is 4.79 Å². The maximum absolute atomic E-state index is 12.6. The second-order valence-corrected chi connectivity index (χ2v) is 6.75. The Morgan fingerprint density at radius 1 is 1.24 bits per heavy atom. The van der Waals surface area contributed by atoms with Crippen LogP contribution in [0.4, 0.5) is 0 Å². The number of rotatable bonds is 3. The third-order valence-electron chi connectivity index (χ3n) is 3.44. The van der Waals surface area contributed by atoms with Crippen molar-refractivity contribution in [2.75, 3.05) is 26.7 Å². The summed E-state index contributed by atoms with van der Waals surface area (Å²) in [7, 11) is -2.51. The first-order valence-corrected chi connectivity index (χ1v) is 7.67. The second-order valence-electron chi connectivity index (χ2n) is 4.88. The van der Waals surface area contributed by atoms with E-state index in [1.807, 2.05) is 0 Å². The van der Waals surface area contributed by atoms with Gasteiger partial charge in [-0.2, -0.15) is 4.31 Å². The van der Waals surface area contributed by atoms with Crippen LogP contribution in [-0.2, 0) is 14.8 Å². The van der Waals surface area contributed by atoms with E-state index in [2.05, 4.69) is 0 Å². The van der Waals surface area contributed by atoms with Crippen molar-refractivity contribution in [1.82, 2.24) is 9.21 Å². The van der Waals surface area contributed by atoms with Gasteiger partial charge in [0.15, 0.2) is 0 Å². The van der Waals surface area contributed by atoms with Gasteiger partial charge in [0.2, 0.25) is 15.9 Å². The molecule has 0 atom stereocenters. The molecule has 116 valence electrons. The van der Waals surface area contributed by atoms with Gasteiger partial charge in [0.25, 0.3) is 0 Å². The maximum Gasteiger partial charge on any atom is 0.340 e. The van der Waals surface area contributed by atoms with Crippen molar-refractivity contribution >= 4 is 21.9 Å². The molecule has 9 heteroatoms. The lowest BCUT2D eigenvalue weighted by atomic mass is 10.2. The summed E-state index contributed by atoms with van der Waals surface area (Å²) in [5.74, 6) is -1.67. The van der Waals surface area contributed by atoms with E-state index < -0.39 is 16.0 Å². The smallest absolute Gasteiger partial charge is 0.340 e. The molecule has 0 bridgehead atoms. The van der Waals surface area contributed by atoms with E-state index in [0.29, 0.717) is 0 Å². The van der Waals surface area contributed by atoms with Gasteiger partial charge in [-0.15, -0.1) is 0 Å². The van der Waals surface area contributed by atoms with Crippen molar-refractivity contribution in [3.63, 3.8) is 0 Å². The van der Waals surface area contributed by atoms with Crippen LogP contribution in [0, 0.1) is 13.8 Å². The molecule has 0 saturated carbocycles. The Bertz CT molecular complexity index is 706. The number of carbonyl (C=O) groups excluding carboxylic acids is 1. The van der Waals surface area contributed by atoms with Crippen molar-refractivity contribution in [3.05, 3.63) is 17.1 Å². The normalized spacial score (nSPS) is 17.3. The number of hydrogen-bond donors (Lipinski definition) is 1. The van der Waals surface area contributed by atoms with Crippen molar-refractivity contribution in [2.24, 2.45) is 0 Å². The van der Waals surface area contributed by atoms with E-state index in [1.54, 1.807) is 7.05 Å². The van der Waals surface area contributed by atoms with E-state index in [1.165, 1.54) is 18.7 Å². The fourth-order valence-corrected chi connectivity index (χ4v) is 4.05. The molecule has 1 aliphatic heterocycles. The Labute approximate surface area is 122 Å². The van der Waals surface area contributed by atoms with Crippen LogP contribution >= 0.6 is 0 Å². The number of carbonyl (C=O) groups is 2. The molecule has 0 aromatic carbocycles. The van der Waals surface area contributed by atoms with Crippen LogP contribution in [0.25, 0.3) is 0 Å². The summed E-state index contributed by atoms with van der Waals surface area (Å²) in [6.07, 6.45) is 0. The molecule has 0 aliphatic carbocycles. The minimum absolute atomic E-state index is 0.0104. The summed E-state index contributed by atoms with van der Waals surface area (Å²) >= 11 is 0. The summed E-state index contributed by atoms with van der Waals surface area (Å²) in [6, 6.07) is 0. The lowest BCUT2D eigenvalue weighted by Crippen LogP contribution is -2.50. The highest BCUT2D eigenvalue weighted by Gasteiger charge is 2.38. The first-order chi connectivity index (χ1) is 9.66. The number of sulfonamides is 1. The van der Waals surface area contributed by atoms with Gasteiger partial charge in [0, 0.05) is 20.1 Å². The lowest BCUT2D eigenvalue weighted by Gasteiger charge is -2.31. The molecule has 1 N–H and O–H groups in total. The van der Waals surface area contributed by atoms with Crippen molar-refractivity contribution in [3.8, 4) is 0 Å². The second kappa shape index (κ2) is 5.15. The molecule has 2 rings (SSSR count). The minimum Gasteiger partial charge on any atom is -0.478 e. The number of piperazine rings is 1. The van der Waals surface area contributed by atoms with Crippen molar-refractivity contribution in [1.29, 1.82) is 0 Å². The molecular formula is C12H16N2O6S. The monoisotopic (exact) mass is 316 g/mol. The molecule has 1 saturated heterocycles. The lowest BCUT2D eigenvalue weighted by molar-refractivity contribution is -0.132. The highest BCUT2D eigenvalue weighted by Crippen LogP contribution is 2.29. The van der Waals surface area contributed by atoms with Crippen LogP contribution < -0.4 is 0 Å². The van der Waals surface area contributed by atoms with Crippen LogP contribution in [0.2, 0.25) is 0 Å². The largest absolute Gasteiger partial charge is 0.478 e. The molecule has 0 radical (unpaired) electrons. The van der Waals surface area contributed by atoms with E-state index in [-0.39, 0.29) is 47.5 Å². The van der Waals surface area contributed by atoms with Crippen molar-refractivity contribution < 1.29 is 27.5 Å². The molecule has 1 amide bonds. The number of likely N-dealkylation sites (N-methyl/N-ethyl adjacent to an activating group) is 1. The fraction of sp³-hybridized carbons (Fsp3) is 0.500. The van der Waals surface area contributed by atoms with Crippen LogP contribution in [0.1, 0.15) is 21.9 Å². The van der Waals surface area contributed by atoms with Crippen LogP contribution in [0.3, 0.4) is 0 Å². The minimum atomic E-state index is -4.09. The van der Waals surface area contributed by atoms with Crippen molar-refractivity contribution in [2.45, 2.75) is 18.7 Å². The van der Waals surface area contributed by atoms with Crippen LogP contribution in [0.5, 0.6) is 0 Å². The molecule has 1 aliphatic rings. The number of furan rings is 1. The molecule has 0 unspecified atom stereocenters. The maximum atomic E-state index is 12.6. The summed E-state index contributed by atoms with van der Waals surface area (Å²) in [5.41, 5.74) is -0.376. The SMILES string of the molecule is Cc1oc(C)c(S(=O)(=O)N2CCN(C)C(=O)C2)c1C(=O)O. The van der Waals surface area contributed by atoms with Crippen LogP contribution in [0.15, 0.2) is 9.31 Å². The van der Waals surface area contributed by atoms with Gasteiger partial charge < -0.3 is 14.4 Å².